The monoisotopic (exact) mass is 244 g/mol. The van der Waals surface area contributed by atoms with Crippen molar-refractivity contribution in [1.29, 1.82) is 0 Å². The summed E-state index contributed by atoms with van der Waals surface area (Å²) in [6.07, 6.45) is 8.26. The molecule has 0 unspecified atom stereocenters. The van der Waals surface area contributed by atoms with E-state index in [1.807, 2.05) is 18.2 Å². The fourth-order valence-electron chi connectivity index (χ4n) is 2.96. The van der Waals surface area contributed by atoms with Crippen molar-refractivity contribution >= 4 is 5.78 Å². The van der Waals surface area contributed by atoms with Crippen molar-refractivity contribution in [2.75, 3.05) is 0 Å². The molecule has 0 heterocycles. The largest absolute Gasteiger partial charge is 0.299 e. The number of rotatable bonds is 5. The molecule has 0 amide bonds. The van der Waals surface area contributed by atoms with Crippen LogP contribution in [0.25, 0.3) is 0 Å². The van der Waals surface area contributed by atoms with Crippen molar-refractivity contribution in [3.63, 3.8) is 0 Å². The Bertz CT molecular complexity index is 362. The maximum absolute atomic E-state index is 12.2. The van der Waals surface area contributed by atoms with E-state index in [1.165, 1.54) is 37.7 Å². The van der Waals surface area contributed by atoms with Crippen LogP contribution < -0.4 is 0 Å². The standard InChI is InChI=1S/C17H24O/c1-14(12-15-8-4-2-5-9-15)17(18)13-16-10-6-3-7-11-16/h2,4-5,8-9,14,16H,3,6-7,10-13H2,1H3/t14-/m0/s1. The molecule has 0 aliphatic heterocycles. The summed E-state index contributed by atoms with van der Waals surface area (Å²) in [7, 11) is 0. The number of hydrogen-bond acceptors (Lipinski definition) is 1. The molecule has 1 fully saturated rings. The summed E-state index contributed by atoms with van der Waals surface area (Å²) in [5.74, 6) is 1.31. The number of hydrogen-bond donors (Lipinski definition) is 0. The highest BCUT2D eigenvalue weighted by atomic mass is 16.1. The van der Waals surface area contributed by atoms with Gasteiger partial charge >= 0.3 is 0 Å². The first-order chi connectivity index (χ1) is 8.75. The third-order valence-electron chi connectivity index (χ3n) is 4.15. The third kappa shape index (κ3) is 3.97. The molecule has 1 aliphatic carbocycles. The van der Waals surface area contributed by atoms with Crippen LogP contribution in [0.5, 0.6) is 0 Å². The highest BCUT2D eigenvalue weighted by molar-refractivity contribution is 5.81. The van der Waals surface area contributed by atoms with Gasteiger partial charge in [0.2, 0.25) is 0 Å². The minimum absolute atomic E-state index is 0.175. The van der Waals surface area contributed by atoms with Gasteiger partial charge in [0.1, 0.15) is 5.78 Å². The Morgan fingerprint density at radius 1 is 1.17 bits per heavy atom. The molecule has 18 heavy (non-hydrogen) atoms. The van der Waals surface area contributed by atoms with Crippen LogP contribution in [0.15, 0.2) is 30.3 Å². The average Bonchev–Trinajstić information content (AvgIpc) is 2.41. The van der Waals surface area contributed by atoms with Crippen molar-refractivity contribution in [3.8, 4) is 0 Å². The predicted octanol–water partition coefficient (Wildman–Crippen LogP) is 4.40. The quantitative estimate of drug-likeness (QED) is 0.750. The minimum Gasteiger partial charge on any atom is -0.299 e. The van der Waals surface area contributed by atoms with Gasteiger partial charge in [-0.25, -0.2) is 0 Å². The van der Waals surface area contributed by atoms with E-state index in [-0.39, 0.29) is 5.92 Å². The van der Waals surface area contributed by atoms with Gasteiger partial charge in [0.05, 0.1) is 0 Å². The Morgan fingerprint density at radius 2 is 1.83 bits per heavy atom. The predicted molar refractivity (Wildman–Crippen MR) is 75.5 cm³/mol. The SMILES string of the molecule is C[C@@H](Cc1ccccc1)C(=O)CC1CCCCC1. The number of carbonyl (C=O) groups is 1. The molecule has 0 N–H and O–H groups in total. The van der Waals surface area contributed by atoms with E-state index in [1.54, 1.807) is 0 Å². The summed E-state index contributed by atoms with van der Waals surface area (Å²) >= 11 is 0. The normalized spacial score (nSPS) is 18.5. The zero-order valence-corrected chi connectivity index (χ0v) is 11.4. The van der Waals surface area contributed by atoms with Crippen molar-refractivity contribution in [3.05, 3.63) is 35.9 Å². The van der Waals surface area contributed by atoms with Gasteiger partial charge in [-0.3, -0.25) is 4.79 Å². The third-order valence-corrected chi connectivity index (χ3v) is 4.15. The van der Waals surface area contributed by atoms with Gasteiger partial charge in [0, 0.05) is 12.3 Å². The molecule has 1 atom stereocenters. The Hall–Kier alpha value is -1.11. The van der Waals surface area contributed by atoms with Gasteiger partial charge in [0.25, 0.3) is 0 Å². The van der Waals surface area contributed by atoms with Crippen molar-refractivity contribution in [2.24, 2.45) is 11.8 Å². The zero-order chi connectivity index (χ0) is 12.8. The Labute approximate surface area is 111 Å². The number of carbonyl (C=O) groups excluding carboxylic acids is 1. The van der Waals surface area contributed by atoms with Crippen LogP contribution >= 0.6 is 0 Å². The summed E-state index contributed by atoms with van der Waals surface area (Å²) in [4.78, 5) is 12.2. The molecule has 1 heteroatoms. The van der Waals surface area contributed by atoms with Crippen LogP contribution in [0.1, 0.15) is 51.0 Å². The second-order valence-corrected chi connectivity index (χ2v) is 5.77. The first-order valence-corrected chi connectivity index (χ1v) is 7.32. The summed E-state index contributed by atoms with van der Waals surface area (Å²) in [6, 6.07) is 10.4. The fourth-order valence-corrected chi connectivity index (χ4v) is 2.96. The first-order valence-electron chi connectivity index (χ1n) is 7.32. The van der Waals surface area contributed by atoms with Gasteiger partial charge in [-0.05, 0) is 17.9 Å². The lowest BCUT2D eigenvalue weighted by atomic mass is 9.83. The van der Waals surface area contributed by atoms with E-state index < -0.39 is 0 Å². The van der Waals surface area contributed by atoms with Crippen molar-refractivity contribution in [2.45, 2.75) is 51.9 Å². The second-order valence-electron chi connectivity index (χ2n) is 5.77. The molecular weight excluding hydrogens is 220 g/mol. The van der Waals surface area contributed by atoms with Gasteiger partial charge in [-0.2, -0.15) is 0 Å². The van der Waals surface area contributed by atoms with Gasteiger partial charge in [-0.15, -0.1) is 0 Å². The topological polar surface area (TPSA) is 17.1 Å². The summed E-state index contributed by atoms with van der Waals surface area (Å²) in [5, 5.41) is 0. The number of benzene rings is 1. The lowest BCUT2D eigenvalue weighted by molar-refractivity contribution is -0.123. The molecule has 1 saturated carbocycles. The Morgan fingerprint density at radius 3 is 2.50 bits per heavy atom. The molecule has 1 aromatic carbocycles. The van der Waals surface area contributed by atoms with Gasteiger partial charge in [0.15, 0.2) is 0 Å². The molecule has 2 rings (SSSR count). The van der Waals surface area contributed by atoms with E-state index in [9.17, 15) is 4.79 Å². The summed E-state index contributed by atoms with van der Waals surface area (Å²) < 4.78 is 0. The minimum atomic E-state index is 0.175. The second kappa shape index (κ2) is 6.72. The van der Waals surface area contributed by atoms with E-state index >= 15 is 0 Å². The molecule has 98 valence electrons. The molecule has 0 spiro atoms. The first kappa shape index (κ1) is 13.3. The molecular formula is C17H24O. The van der Waals surface area contributed by atoms with E-state index in [2.05, 4.69) is 19.1 Å². The molecule has 1 aliphatic rings. The summed E-state index contributed by atoms with van der Waals surface area (Å²) in [5.41, 5.74) is 1.28. The van der Waals surface area contributed by atoms with Crippen LogP contribution in [0.3, 0.4) is 0 Å². The van der Waals surface area contributed by atoms with E-state index in [0.717, 1.165) is 12.8 Å². The lowest BCUT2D eigenvalue weighted by Crippen LogP contribution is -2.19. The fraction of sp³-hybridized carbons (Fsp3) is 0.588. The molecule has 0 radical (unpaired) electrons. The van der Waals surface area contributed by atoms with Crippen LogP contribution in [-0.2, 0) is 11.2 Å². The molecule has 1 nitrogen and oxygen atoms in total. The van der Waals surface area contributed by atoms with E-state index in [4.69, 9.17) is 0 Å². The smallest absolute Gasteiger partial charge is 0.136 e. The van der Waals surface area contributed by atoms with Crippen molar-refractivity contribution in [1.82, 2.24) is 0 Å². The van der Waals surface area contributed by atoms with E-state index in [0.29, 0.717) is 11.7 Å². The maximum Gasteiger partial charge on any atom is 0.136 e. The van der Waals surface area contributed by atoms with Gasteiger partial charge < -0.3 is 0 Å². The molecule has 0 aromatic heterocycles. The lowest BCUT2D eigenvalue weighted by Gasteiger charge is -2.22. The molecule has 0 saturated heterocycles. The van der Waals surface area contributed by atoms with Crippen LogP contribution in [0.2, 0.25) is 0 Å². The van der Waals surface area contributed by atoms with Crippen LogP contribution in [-0.4, -0.2) is 5.78 Å². The van der Waals surface area contributed by atoms with Crippen molar-refractivity contribution < 1.29 is 4.79 Å². The van der Waals surface area contributed by atoms with Gasteiger partial charge in [-0.1, -0.05) is 69.4 Å². The maximum atomic E-state index is 12.2. The molecule has 1 aromatic rings. The summed E-state index contributed by atoms with van der Waals surface area (Å²) in [6.45, 7) is 2.08. The highest BCUT2D eigenvalue weighted by Crippen LogP contribution is 2.27. The zero-order valence-electron chi connectivity index (χ0n) is 11.4. The highest BCUT2D eigenvalue weighted by Gasteiger charge is 2.20. The number of Topliss-reactive ketones (excluding diaryl/α,β-unsaturated/α-hetero) is 1. The average molecular weight is 244 g/mol. The van der Waals surface area contributed by atoms with Crippen LogP contribution in [0.4, 0.5) is 0 Å². The number of ketones is 1. The Balaban J connectivity index is 1.81. The molecule has 0 bridgehead atoms. The van der Waals surface area contributed by atoms with Crippen LogP contribution in [0, 0.1) is 11.8 Å². The Kier molecular flexibility index (Phi) is 4.98.